The Balaban J connectivity index is 1.12. The third-order valence-electron chi connectivity index (χ3n) is 12.5. The Hall–Kier alpha value is -7.63. The minimum Gasteiger partial charge on any atom is -0.455 e. The van der Waals surface area contributed by atoms with Crippen molar-refractivity contribution in [2.45, 2.75) is 38.5 Å². The van der Waals surface area contributed by atoms with E-state index in [2.05, 4.69) is 166 Å². The van der Waals surface area contributed by atoms with Crippen molar-refractivity contribution >= 4 is 39.0 Å². The topological polar surface area (TPSA) is 55.1 Å². The second-order valence-electron chi connectivity index (χ2n) is 17.2. The lowest BCUT2D eigenvalue weighted by atomic mass is 9.61. The molecular formula is C57H44N4O. The molecule has 1 aliphatic rings. The Morgan fingerprint density at radius 3 is 1.42 bits per heavy atom. The number of aryl methyl sites for hydroxylation is 1. The fourth-order valence-electron chi connectivity index (χ4n) is 9.65. The van der Waals surface area contributed by atoms with E-state index < -0.39 is 5.41 Å². The lowest BCUT2D eigenvalue weighted by molar-refractivity contribution is 0.570. The van der Waals surface area contributed by atoms with Crippen LogP contribution in [-0.2, 0) is 10.8 Å². The summed E-state index contributed by atoms with van der Waals surface area (Å²) in [5.74, 6) is 1.90. The lowest BCUT2D eigenvalue weighted by Gasteiger charge is -2.46. The van der Waals surface area contributed by atoms with Crippen molar-refractivity contribution in [1.29, 1.82) is 0 Å². The third-order valence-corrected chi connectivity index (χ3v) is 12.5. The van der Waals surface area contributed by atoms with Gasteiger partial charge in [-0.05, 0) is 71.0 Å². The van der Waals surface area contributed by atoms with E-state index in [0.29, 0.717) is 17.5 Å². The van der Waals surface area contributed by atoms with Crippen LogP contribution in [0.3, 0.4) is 0 Å². The Labute approximate surface area is 362 Å². The van der Waals surface area contributed by atoms with E-state index >= 15 is 0 Å². The van der Waals surface area contributed by atoms with Crippen molar-refractivity contribution in [3.63, 3.8) is 0 Å². The van der Waals surface area contributed by atoms with Gasteiger partial charge in [-0.15, -0.1) is 0 Å². The maximum absolute atomic E-state index is 7.22. The van der Waals surface area contributed by atoms with Gasteiger partial charge in [-0.1, -0.05) is 178 Å². The molecule has 5 heteroatoms. The van der Waals surface area contributed by atoms with Crippen LogP contribution in [0.25, 0.3) is 56.1 Å². The van der Waals surface area contributed by atoms with Gasteiger partial charge in [0.1, 0.15) is 11.2 Å². The predicted molar refractivity (Wildman–Crippen MR) is 253 cm³/mol. The number of anilines is 3. The normalized spacial score (nSPS) is 13.3. The van der Waals surface area contributed by atoms with Gasteiger partial charge in [0.05, 0.1) is 16.8 Å². The van der Waals surface area contributed by atoms with E-state index in [1.165, 1.54) is 27.8 Å². The molecule has 5 nitrogen and oxygen atoms in total. The number of para-hydroxylation sites is 4. The summed E-state index contributed by atoms with van der Waals surface area (Å²) >= 11 is 0. The Bertz CT molecular complexity index is 3190. The number of aromatic nitrogens is 3. The lowest BCUT2D eigenvalue weighted by Crippen LogP contribution is -2.38. The van der Waals surface area contributed by atoms with Crippen LogP contribution in [0.5, 0.6) is 0 Å². The molecule has 0 N–H and O–H groups in total. The number of furan rings is 1. The fraction of sp³-hybridized carbons (Fsp3) is 0.105. The van der Waals surface area contributed by atoms with E-state index in [1.54, 1.807) is 0 Å². The Morgan fingerprint density at radius 1 is 0.419 bits per heavy atom. The van der Waals surface area contributed by atoms with Crippen LogP contribution in [0.4, 0.5) is 17.1 Å². The van der Waals surface area contributed by atoms with Crippen molar-refractivity contribution in [3.05, 3.63) is 228 Å². The van der Waals surface area contributed by atoms with Crippen LogP contribution in [0, 0.1) is 6.92 Å². The number of hydrogen-bond acceptors (Lipinski definition) is 5. The van der Waals surface area contributed by atoms with Gasteiger partial charge < -0.3 is 9.32 Å². The van der Waals surface area contributed by atoms with E-state index in [9.17, 15) is 0 Å². The molecular weight excluding hydrogens is 757 g/mol. The summed E-state index contributed by atoms with van der Waals surface area (Å²) in [4.78, 5) is 17.4. The van der Waals surface area contributed by atoms with Crippen molar-refractivity contribution in [1.82, 2.24) is 15.0 Å². The number of fused-ring (bicyclic) bond motifs is 5. The molecule has 1 aliphatic heterocycles. The molecule has 2 aromatic heterocycles. The molecule has 0 unspecified atom stereocenters. The van der Waals surface area contributed by atoms with Gasteiger partial charge in [-0.3, -0.25) is 0 Å². The van der Waals surface area contributed by atoms with Crippen molar-refractivity contribution in [2.75, 3.05) is 4.90 Å². The van der Waals surface area contributed by atoms with Crippen LogP contribution in [-0.4, -0.2) is 15.0 Å². The summed E-state index contributed by atoms with van der Waals surface area (Å²) in [5.41, 5.74) is 14.2. The molecule has 0 saturated carbocycles. The van der Waals surface area contributed by atoms with Crippen LogP contribution in [0.15, 0.2) is 199 Å². The summed E-state index contributed by atoms with van der Waals surface area (Å²) in [7, 11) is 0. The molecule has 0 amide bonds. The molecule has 0 radical (unpaired) electrons. The maximum atomic E-state index is 7.22. The second-order valence-corrected chi connectivity index (χ2v) is 17.2. The average molecular weight is 801 g/mol. The van der Waals surface area contributed by atoms with Crippen LogP contribution in [0.1, 0.15) is 54.2 Å². The zero-order valence-electron chi connectivity index (χ0n) is 35.2. The van der Waals surface area contributed by atoms with Gasteiger partial charge in [-0.2, -0.15) is 0 Å². The minimum atomic E-state index is -0.725. The summed E-state index contributed by atoms with van der Waals surface area (Å²) in [5, 5.41) is 2.26. The summed E-state index contributed by atoms with van der Waals surface area (Å²) in [6.07, 6.45) is 0. The highest BCUT2D eigenvalue weighted by molar-refractivity contribution is 6.08. The van der Waals surface area contributed by atoms with Crippen LogP contribution >= 0.6 is 0 Å². The number of hydrogen-bond donors (Lipinski definition) is 0. The van der Waals surface area contributed by atoms with E-state index in [-0.39, 0.29) is 5.41 Å². The van der Waals surface area contributed by atoms with Gasteiger partial charge in [0, 0.05) is 44.3 Å². The first-order valence-electron chi connectivity index (χ1n) is 21.3. The van der Waals surface area contributed by atoms with Gasteiger partial charge in [0.2, 0.25) is 0 Å². The highest BCUT2D eigenvalue weighted by Gasteiger charge is 2.48. The van der Waals surface area contributed by atoms with Gasteiger partial charge in [0.25, 0.3) is 0 Å². The summed E-state index contributed by atoms with van der Waals surface area (Å²) in [6, 6.07) is 68.8. The quantitative estimate of drug-likeness (QED) is 0.168. The molecule has 0 bridgehead atoms. The molecule has 11 rings (SSSR count). The highest BCUT2D eigenvalue weighted by atomic mass is 16.3. The second kappa shape index (κ2) is 14.5. The van der Waals surface area contributed by atoms with E-state index in [0.717, 1.165) is 61.3 Å². The van der Waals surface area contributed by atoms with Gasteiger partial charge in [-0.25, -0.2) is 15.0 Å². The first kappa shape index (κ1) is 37.4. The highest BCUT2D eigenvalue weighted by Crippen LogP contribution is 2.59. The van der Waals surface area contributed by atoms with E-state index in [1.807, 2.05) is 60.7 Å². The Kier molecular flexibility index (Phi) is 8.76. The standard InChI is InChI=1S/C57H44N4O/c1-37-19-11-12-26-44(37)57(48-30-18-25-43-42-24-17-29-47(56(2,3)4)51(42)62-52(43)48)45-27-13-15-31-49(45)61(50-32-16-14-28-46(50)57)41-35-33-40(34-36-41)55-59-53(38-20-7-5-8-21-38)58-54(60-55)39-22-9-6-10-23-39/h5-36H,1-4H3. The summed E-state index contributed by atoms with van der Waals surface area (Å²) in [6.45, 7) is 9.01. The molecule has 0 fully saturated rings. The molecule has 8 aromatic carbocycles. The van der Waals surface area contributed by atoms with Gasteiger partial charge >= 0.3 is 0 Å². The van der Waals surface area contributed by atoms with Crippen LogP contribution < -0.4 is 4.90 Å². The predicted octanol–water partition coefficient (Wildman–Crippen LogP) is 14.5. The summed E-state index contributed by atoms with van der Waals surface area (Å²) < 4.78 is 7.22. The molecule has 0 spiro atoms. The smallest absolute Gasteiger partial charge is 0.164 e. The molecule has 298 valence electrons. The van der Waals surface area contributed by atoms with Crippen molar-refractivity contribution in [2.24, 2.45) is 0 Å². The zero-order chi connectivity index (χ0) is 42.0. The van der Waals surface area contributed by atoms with Crippen molar-refractivity contribution < 1.29 is 4.42 Å². The molecule has 62 heavy (non-hydrogen) atoms. The molecule has 10 aromatic rings. The maximum Gasteiger partial charge on any atom is 0.164 e. The fourth-order valence-corrected chi connectivity index (χ4v) is 9.65. The molecule has 0 aliphatic carbocycles. The van der Waals surface area contributed by atoms with Gasteiger partial charge in [0.15, 0.2) is 17.5 Å². The minimum absolute atomic E-state index is 0.0980. The monoisotopic (exact) mass is 800 g/mol. The zero-order valence-corrected chi connectivity index (χ0v) is 35.2. The number of benzene rings is 8. The van der Waals surface area contributed by atoms with E-state index in [4.69, 9.17) is 19.4 Å². The number of rotatable bonds is 6. The largest absolute Gasteiger partial charge is 0.455 e. The SMILES string of the molecule is Cc1ccccc1C1(c2cccc3c2oc2c(C(C)(C)C)cccc23)c2ccccc2N(c2ccc(-c3nc(-c4ccccc4)nc(-c4ccccc4)n3)cc2)c2ccccc21. The van der Waals surface area contributed by atoms with Crippen molar-refractivity contribution in [3.8, 4) is 34.2 Å². The number of nitrogens with zero attached hydrogens (tertiary/aromatic N) is 4. The third kappa shape index (κ3) is 5.88. The first-order valence-corrected chi connectivity index (χ1v) is 21.3. The molecule has 0 saturated heterocycles. The van der Waals surface area contributed by atoms with Crippen LogP contribution in [0.2, 0.25) is 0 Å². The molecule has 3 heterocycles. The molecule has 0 atom stereocenters. The first-order chi connectivity index (χ1) is 30.3. The average Bonchev–Trinajstić information content (AvgIpc) is 3.71. The Morgan fingerprint density at radius 2 is 0.871 bits per heavy atom.